The summed E-state index contributed by atoms with van der Waals surface area (Å²) in [5, 5.41) is 7.39. The van der Waals surface area contributed by atoms with Crippen molar-refractivity contribution in [1.29, 1.82) is 0 Å². The van der Waals surface area contributed by atoms with Gasteiger partial charge in [-0.05, 0) is 56.5 Å². The standard InChI is InChI=1S/C20H27N5O/c26-20(24-13-5-8-18(16-24)23-11-3-4-12-23)22-19-9-2-1-7-17(19)15-25-14-6-10-21-25/h1-2,6-7,9-10,14,18H,3-5,8,11-13,15-16H2,(H,22,26)/t18-/m1/s1. The summed E-state index contributed by atoms with van der Waals surface area (Å²) in [6.45, 7) is 4.71. The van der Waals surface area contributed by atoms with Crippen molar-refractivity contribution in [3.05, 3.63) is 48.3 Å². The lowest BCUT2D eigenvalue weighted by molar-refractivity contribution is 0.132. The Morgan fingerprint density at radius 2 is 1.96 bits per heavy atom. The van der Waals surface area contributed by atoms with Crippen LogP contribution in [0.25, 0.3) is 0 Å². The number of para-hydroxylation sites is 1. The van der Waals surface area contributed by atoms with Gasteiger partial charge in [-0.2, -0.15) is 5.10 Å². The number of piperidine rings is 1. The van der Waals surface area contributed by atoms with Gasteiger partial charge in [-0.3, -0.25) is 9.58 Å². The number of rotatable bonds is 4. The van der Waals surface area contributed by atoms with E-state index in [1.165, 1.54) is 32.4 Å². The zero-order valence-corrected chi connectivity index (χ0v) is 15.2. The van der Waals surface area contributed by atoms with E-state index in [9.17, 15) is 4.79 Å². The first kappa shape index (κ1) is 17.1. The molecule has 1 aromatic carbocycles. The van der Waals surface area contributed by atoms with Gasteiger partial charge in [-0.15, -0.1) is 0 Å². The van der Waals surface area contributed by atoms with Gasteiger partial charge < -0.3 is 10.2 Å². The van der Waals surface area contributed by atoms with E-state index in [1.807, 2.05) is 46.1 Å². The Bertz CT molecular complexity index is 724. The van der Waals surface area contributed by atoms with Crippen LogP contribution in [0.4, 0.5) is 10.5 Å². The van der Waals surface area contributed by atoms with Crippen LogP contribution in [0, 0.1) is 0 Å². The number of hydrogen-bond donors (Lipinski definition) is 1. The maximum atomic E-state index is 12.9. The summed E-state index contributed by atoms with van der Waals surface area (Å²) >= 11 is 0. The zero-order chi connectivity index (χ0) is 17.8. The molecular weight excluding hydrogens is 326 g/mol. The van der Waals surface area contributed by atoms with Gasteiger partial charge in [0.2, 0.25) is 0 Å². The predicted molar refractivity (Wildman–Crippen MR) is 102 cm³/mol. The van der Waals surface area contributed by atoms with Gasteiger partial charge >= 0.3 is 6.03 Å². The number of amides is 2. The third kappa shape index (κ3) is 3.90. The molecule has 0 unspecified atom stereocenters. The van der Waals surface area contributed by atoms with Crippen molar-refractivity contribution in [2.45, 2.75) is 38.3 Å². The lowest BCUT2D eigenvalue weighted by atomic mass is 10.0. The molecule has 2 fully saturated rings. The number of hydrogen-bond acceptors (Lipinski definition) is 3. The third-order valence-electron chi connectivity index (χ3n) is 5.49. The summed E-state index contributed by atoms with van der Waals surface area (Å²) in [6.07, 6.45) is 8.59. The third-order valence-corrected chi connectivity index (χ3v) is 5.49. The van der Waals surface area contributed by atoms with Crippen molar-refractivity contribution in [2.24, 2.45) is 0 Å². The number of anilines is 1. The van der Waals surface area contributed by atoms with Gasteiger partial charge in [0.15, 0.2) is 0 Å². The lowest BCUT2D eigenvalue weighted by Gasteiger charge is -2.37. The van der Waals surface area contributed by atoms with E-state index in [0.29, 0.717) is 12.6 Å². The first-order chi connectivity index (χ1) is 12.8. The molecule has 2 amide bonds. The fourth-order valence-corrected chi connectivity index (χ4v) is 4.09. The molecule has 2 saturated heterocycles. The molecule has 0 spiro atoms. The highest BCUT2D eigenvalue weighted by atomic mass is 16.2. The number of carbonyl (C=O) groups excluding carboxylic acids is 1. The van der Waals surface area contributed by atoms with E-state index < -0.39 is 0 Å². The number of nitrogens with one attached hydrogen (secondary N) is 1. The molecule has 2 aliphatic rings. The highest BCUT2D eigenvalue weighted by Crippen LogP contribution is 2.22. The van der Waals surface area contributed by atoms with Gasteiger partial charge in [-0.1, -0.05) is 18.2 Å². The van der Waals surface area contributed by atoms with Crippen molar-refractivity contribution < 1.29 is 4.79 Å². The smallest absolute Gasteiger partial charge is 0.321 e. The second-order valence-electron chi connectivity index (χ2n) is 7.28. The average Bonchev–Trinajstić information content (AvgIpc) is 3.37. The van der Waals surface area contributed by atoms with E-state index in [-0.39, 0.29) is 6.03 Å². The second-order valence-corrected chi connectivity index (χ2v) is 7.28. The van der Waals surface area contributed by atoms with Crippen LogP contribution in [-0.4, -0.2) is 57.8 Å². The second kappa shape index (κ2) is 7.91. The number of nitrogens with zero attached hydrogens (tertiary/aromatic N) is 4. The van der Waals surface area contributed by atoms with Crippen LogP contribution in [0.1, 0.15) is 31.2 Å². The van der Waals surface area contributed by atoms with E-state index in [0.717, 1.165) is 30.8 Å². The minimum Gasteiger partial charge on any atom is -0.323 e. The van der Waals surface area contributed by atoms with Crippen LogP contribution >= 0.6 is 0 Å². The first-order valence-electron chi connectivity index (χ1n) is 9.65. The monoisotopic (exact) mass is 353 g/mol. The fourth-order valence-electron chi connectivity index (χ4n) is 4.09. The maximum absolute atomic E-state index is 12.9. The van der Waals surface area contributed by atoms with Gasteiger partial charge in [0, 0.05) is 37.2 Å². The molecule has 1 atom stereocenters. The SMILES string of the molecule is O=C(Nc1ccccc1Cn1cccn1)N1CCC[C@@H](N2CCCC2)C1. The highest BCUT2D eigenvalue weighted by Gasteiger charge is 2.29. The number of urea groups is 1. The maximum Gasteiger partial charge on any atom is 0.321 e. The van der Waals surface area contributed by atoms with E-state index in [4.69, 9.17) is 0 Å². The molecule has 138 valence electrons. The number of carbonyl (C=O) groups is 1. The number of likely N-dealkylation sites (tertiary alicyclic amines) is 2. The highest BCUT2D eigenvalue weighted by molar-refractivity contribution is 5.90. The zero-order valence-electron chi connectivity index (χ0n) is 15.2. The number of benzene rings is 1. The van der Waals surface area contributed by atoms with Crippen LogP contribution < -0.4 is 5.32 Å². The van der Waals surface area contributed by atoms with Crippen molar-refractivity contribution in [3.63, 3.8) is 0 Å². The first-order valence-corrected chi connectivity index (χ1v) is 9.65. The van der Waals surface area contributed by atoms with Gasteiger partial charge in [0.1, 0.15) is 0 Å². The molecule has 1 aromatic heterocycles. The summed E-state index contributed by atoms with van der Waals surface area (Å²) in [5.74, 6) is 0. The molecule has 3 heterocycles. The molecule has 2 aromatic rings. The van der Waals surface area contributed by atoms with E-state index in [2.05, 4.69) is 15.3 Å². The van der Waals surface area contributed by atoms with E-state index >= 15 is 0 Å². The normalized spacial score (nSPS) is 21.1. The quantitative estimate of drug-likeness (QED) is 0.919. The van der Waals surface area contributed by atoms with Crippen LogP contribution in [0.2, 0.25) is 0 Å². The van der Waals surface area contributed by atoms with Crippen molar-refractivity contribution in [2.75, 3.05) is 31.5 Å². The Labute approximate surface area is 154 Å². The minimum absolute atomic E-state index is 0.0156. The van der Waals surface area contributed by atoms with Gasteiger partial charge in [-0.25, -0.2) is 4.79 Å². The van der Waals surface area contributed by atoms with Crippen molar-refractivity contribution >= 4 is 11.7 Å². The lowest BCUT2D eigenvalue weighted by Crippen LogP contribution is -2.50. The topological polar surface area (TPSA) is 53.4 Å². The van der Waals surface area contributed by atoms with Crippen molar-refractivity contribution in [3.8, 4) is 0 Å². The Morgan fingerprint density at radius 1 is 1.12 bits per heavy atom. The summed E-state index contributed by atoms with van der Waals surface area (Å²) in [7, 11) is 0. The van der Waals surface area contributed by atoms with Gasteiger partial charge in [0.05, 0.1) is 6.54 Å². The largest absolute Gasteiger partial charge is 0.323 e. The predicted octanol–water partition coefficient (Wildman–Crippen LogP) is 3.02. The van der Waals surface area contributed by atoms with Crippen LogP contribution in [0.3, 0.4) is 0 Å². The Morgan fingerprint density at radius 3 is 2.77 bits per heavy atom. The molecule has 0 radical (unpaired) electrons. The molecule has 6 heteroatoms. The minimum atomic E-state index is 0.0156. The molecule has 4 rings (SSSR count). The summed E-state index contributed by atoms with van der Waals surface area (Å²) < 4.78 is 1.87. The molecule has 0 aliphatic carbocycles. The van der Waals surface area contributed by atoms with Crippen LogP contribution in [-0.2, 0) is 6.54 Å². The average molecular weight is 353 g/mol. The molecule has 0 bridgehead atoms. The van der Waals surface area contributed by atoms with E-state index in [1.54, 1.807) is 6.20 Å². The molecular formula is C20H27N5O. The Kier molecular flexibility index (Phi) is 5.20. The van der Waals surface area contributed by atoms with Crippen molar-refractivity contribution in [1.82, 2.24) is 19.6 Å². The van der Waals surface area contributed by atoms with Gasteiger partial charge in [0.25, 0.3) is 0 Å². The Hall–Kier alpha value is -2.34. The molecule has 1 N–H and O–H groups in total. The molecule has 2 aliphatic heterocycles. The molecule has 0 saturated carbocycles. The summed E-state index contributed by atoms with van der Waals surface area (Å²) in [5.41, 5.74) is 1.94. The molecule has 26 heavy (non-hydrogen) atoms. The Balaban J connectivity index is 1.41. The van der Waals surface area contributed by atoms with Crippen LogP contribution in [0.15, 0.2) is 42.7 Å². The fraction of sp³-hybridized carbons (Fsp3) is 0.500. The summed E-state index contributed by atoms with van der Waals surface area (Å²) in [4.78, 5) is 17.4. The molecule has 6 nitrogen and oxygen atoms in total. The van der Waals surface area contributed by atoms with Crippen LogP contribution in [0.5, 0.6) is 0 Å². The number of aromatic nitrogens is 2. The summed E-state index contributed by atoms with van der Waals surface area (Å²) in [6, 6.07) is 10.4.